The van der Waals surface area contributed by atoms with Crippen LogP contribution in [0.5, 0.6) is 0 Å². The Morgan fingerprint density at radius 3 is 2.73 bits per heavy atom. The van der Waals surface area contributed by atoms with Crippen LogP contribution in [0.4, 0.5) is 17.5 Å². The van der Waals surface area contributed by atoms with Gasteiger partial charge in [-0.05, 0) is 49.1 Å². The molecule has 0 saturated carbocycles. The molecule has 4 aromatic rings. The summed E-state index contributed by atoms with van der Waals surface area (Å²) < 4.78 is 6.08. The number of rotatable bonds is 4. The molecule has 1 aliphatic rings. The van der Waals surface area contributed by atoms with E-state index in [9.17, 15) is 4.79 Å². The summed E-state index contributed by atoms with van der Waals surface area (Å²) in [4.78, 5) is 23.7. The van der Waals surface area contributed by atoms with Gasteiger partial charge in [-0.1, -0.05) is 22.7 Å². The monoisotopic (exact) mass is 417 g/mol. The SMILES string of the molecule is Cc1c(-c2ccnc(N(c3ccccc3)c3csnn3)n2)c(C)n2c1C(=O)NCC2. The average molecular weight is 417 g/mol. The van der Waals surface area contributed by atoms with Gasteiger partial charge in [0.1, 0.15) is 5.69 Å². The molecule has 0 fully saturated rings. The molecule has 3 aromatic heterocycles. The predicted molar refractivity (Wildman–Crippen MR) is 115 cm³/mol. The molecule has 4 heterocycles. The van der Waals surface area contributed by atoms with Crippen LogP contribution in [0.15, 0.2) is 48.0 Å². The van der Waals surface area contributed by atoms with Gasteiger partial charge in [0.05, 0.1) is 16.8 Å². The van der Waals surface area contributed by atoms with Gasteiger partial charge in [-0.3, -0.25) is 9.69 Å². The number of fused-ring (bicyclic) bond motifs is 1. The maximum atomic E-state index is 12.4. The van der Waals surface area contributed by atoms with Crippen molar-refractivity contribution >= 4 is 34.9 Å². The van der Waals surface area contributed by atoms with Crippen LogP contribution in [0, 0.1) is 13.8 Å². The Kier molecular flexibility index (Phi) is 4.51. The molecule has 9 heteroatoms. The number of amides is 1. The third kappa shape index (κ3) is 2.94. The predicted octanol–water partition coefficient (Wildman–Crippen LogP) is 3.63. The smallest absolute Gasteiger partial charge is 0.268 e. The number of hydrogen-bond donors (Lipinski definition) is 1. The van der Waals surface area contributed by atoms with E-state index in [0.29, 0.717) is 24.0 Å². The molecular formula is C21H19N7OS. The first kappa shape index (κ1) is 18.4. The van der Waals surface area contributed by atoms with Crippen LogP contribution in [0.3, 0.4) is 0 Å². The molecule has 0 saturated heterocycles. The molecule has 0 aliphatic carbocycles. The zero-order chi connectivity index (χ0) is 20.7. The highest BCUT2D eigenvalue weighted by Gasteiger charge is 2.27. The molecule has 150 valence electrons. The first-order valence-corrected chi connectivity index (χ1v) is 10.4. The lowest BCUT2D eigenvalue weighted by molar-refractivity contribution is 0.0926. The number of anilines is 3. The van der Waals surface area contributed by atoms with Gasteiger partial charge >= 0.3 is 0 Å². The third-order valence-electron chi connectivity index (χ3n) is 5.29. The molecule has 0 radical (unpaired) electrons. The summed E-state index contributed by atoms with van der Waals surface area (Å²) in [6, 6.07) is 11.7. The molecule has 30 heavy (non-hydrogen) atoms. The minimum absolute atomic E-state index is 0.0400. The van der Waals surface area contributed by atoms with E-state index >= 15 is 0 Å². The van der Waals surface area contributed by atoms with Crippen molar-refractivity contribution in [1.82, 2.24) is 29.4 Å². The largest absolute Gasteiger partial charge is 0.349 e. The van der Waals surface area contributed by atoms with Crippen LogP contribution in [-0.2, 0) is 6.54 Å². The van der Waals surface area contributed by atoms with Gasteiger partial charge in [0, 0.05) is 30.5 Å². The number of hydrogen-bond acceptors (Lipinski definition) is 7. The molecule has 1 aromatic carbocycles. The van der Waals surface area contributed by atoms with E-state index in [0.717, 1.165) is 34.7 Å². The van der Waals surface area contributed by atoms with Crippen molar-refractivity contribution in [2.45, 2.75) is 20.4 Å². The summed E-state index contributed by atoms with van der Waals surface area (Å²) >= 11 is 1.28. The first-order valence-electron chi connectivity index (χ1n) is 9.58. The van der Waals surface area contributed by atoms with Gasteiger partial charge in [-0.25, -0.2) is 9.97 Å². The maximum Gasteiger partial charge on any atom is 0.268 e. The zero-order valence-electron chi connectivity index (χ0n) is 16.5. The van der Waals surface area contributed by atoms with Crippen molar-refractivity contribution in [3.8, 4) is 11.3 Å². The summed E-state index contributed by atoms with van der Waals surface area (Å²) in [5.74, 6) is 1.12. The Morgan fingerprint density at radius 2 is 2.00 bits per heavy atom. The summed E-state index contributed by atoms with van der Waals surface area (Å²) in [7, 11) is 0. The van der Waals surface area contributed by atoms with Crippen LogP contribution in [0.1, 0.15) is 21.7 Å². The highest BCUT2D eigenvalue weighted by Crippen LogP contribution is 2.35. The van der Waals surface area contributed by atoms with Gasteiger partial charge in [-0.15, -0.1) is 5.10 Å². The topological polar surface area (TPSA) is 88.8 Å². The van der Waals surface area contributed by atoms with E-state index in [2.05, 4.69) is 24.5 Å². The first-order chi connectivity index (χ1) is 14.6. The third-order valence-corrected chi connectivity index (χ3v) is 5.79. The van der Waals surface area contributed by atoms with Gasteiger partial charge in [0.15, 0.2) is 5.82 Å². The fourth-order valence-electron chi connectivity index (χ4n) is 3.99. The lowest BCUT2D eigenvalue weighted by Gasteiger charge is -2.20. The van der Waals surface area contributed by atoms with Crippen molar-refractivity contribution in [3.05, 3.63) is 64.9 Å². The molecular weight excluding hydrogens is 398 g/mol. The van der Waals surface area contributed by atoms with E-state index in [1.807, 2.05) is 60.5 Å². The highest BCUT2D eigenvalue weighted by molar-refractivity contribution is 7.03. The van der Waals surface area contributed by atoms with E-state index in [-0.39, 0.29) is 5.91 Å². The number of carbonyl (C=O) groups excluding carboxylic acids is 1. The van der Waals surface area contributed by atoms with Crippen LogP contribution >= 0.6 is 11.5 Å². The number of aromatic nitrogens is 5. The van der Waals surface area contributed by atoms with Crippen LogP contribution in [0.2, 0.25) is 0 Å². The second-order valence-corrected chi connectivity index (χ2v) is 7.63. The number of para-hydroxylation sites is 1. The van der Waals surface area contributed by atoms with Gasteiger partial charge in [0.25, 0.3) is 5.91 Å². The fraction of sp³-hybridized carbons (Fsp3) is 0.190. The number of nitrogens with zero attached hydrogens (tertiary/aromatic N) is 6. The number of nitrogens with one attached hydrogen (secondary N) is 1. The van der Waals surface area contributed by atoms with E-state index < -0.39 is 0 Å². The van der Waals surface area contributed by atoms with Crippen LogP contribution in [-0.4, -0.2) is 36.6 Å². The molecule has 5 rings (SSSR count). The Balaban J connectivity index is 1.66. The lowest BCUT2D eigenvalue weighted by Crippen LogP contribution is -2.35. The van der Waals surface area contributed by atoms with Crippen LogP contribution < -0.4 is 10.2 Å². The highest BCUT2D eigenvalue weighted by atomic mass is 32.1. The quantitative estimate of drug-likeness (QED) is 0.545. The van der Waals surface area contributed by atoms with Gasteiger partial charge < -0.3 is 9.88 Å². The molecule has 1 N–H and O–H groups in total. The lowest BCUT2D eigenvalue weighted by atomic mass is 10.1. The Morgan fingerprint density at radius 1 is 1.17 bits per heavy atom. The minimum Gasteiger partial charge on any atom is -0.349 e. The van der Waals surface area contributed by atoms with Gasteiger partial charge in [-0.2, -0.15) is 0 Å². The van der Waals surface area contributed by atoms with Crippen molar-refractivity contribution in [1.29, 1.82) is 0 Å². The summed E-state index contributed by atoms with van der Waals surface area (Å²) in [5, 5.41) is 9.02. The standard InChI is InChI=1S/C21H19N7OS/c1-13-18(14(2)27-11-10-22-20(29)19(13)27)16-8-9-23-21(24-16)28(17-12-30-26-25-17)15-6-4-3-5-7-15/h3-9,12H,10-11H2,1-2H3,(H,22,29). The zero-order valence-corrected chi connectivity index (χ0v) is 17.3. The summed E-state index contributed by atoms with van der Waals surface area (Å²) in [6.07, 6.45) is 1.74. The normalized spacial score (nSPS) is 13.1. The molecule has 1 amide bonds. The molecule has 0 spiro atoms. The Labute approximate surface area is 177 Å². The molecule has 0 bridgehead atoms. The van der Waals surface area contributed by atoms with Crippen molar-refractivity contribution in [3.63, 3.8) is 0 Å². The Hall–Kier alpha value is -3.59. The second-order valence-electron chi connectivity index (χ2n) is 7.02. The van der Waals surface area contributed by atoms with Crippen molar-refractivity contribution < 1.29 is 4.79 Å². The molecule has 1 aliphatic heterocycles. The van der Waals surface area contributed by atoms with Crippen molar-refractivity contribution in [2.75, 3.05) is 11.4 Å². The second kappa shape index (κ2) is 7.34. The van der Waals surface area contributed by atoms with E-state index in [1.54, 1.807) is 6.20 Å². The fourth-order valence-corrected chi connectivity index (χ4v) is 4.41. The number of benzene rings is 1. The van der Waals surface area contributed by atoms with E-state index in [4.69, 9.17) is 4.98 Å². The maximum absolute atomic E-state index is 12.4. The number of carbonyl (C=O) groups is 1. The summed E-state index contributed by atoms with van der Waals surface area (Å²) in [6.45, 7) is 5.39. The van der Waals surface area contributed by atoms with Crippen LogP contribution in [0.25, 0.3) is 11.3 Å². The summed E-state index contributed by atoms with van der Waals surface area (Å²) in [5.41, 5.74) is 5.30. The van der Waals surface area contributed by atoms with Crippen molar-refractivity contribution in [2.24, 2.45) is 0 Å². The molecule has 0 unspecified atom stereocenters. The van der Waals surface area contributed by atoms with E-state index in [1.165, 1.54) is 11.5 Å². The Bertz CT molecular complexity index is 1220. The average Bonchev–Trinajstić information content (AvgIpc) is 3.37. The molecule has 8 nitrogen and oxygen atoms in total. The van der Waals surface area contributed by atoms with Gasteiger partial charge in [0.2, 0.25) is 5.95 Å². The molecule has 0 atom stereocenters. The minimum atomic E-state index is -0.0400.